The van der Waals surface area contributed by atoms with Gasteiger partial charge in [0.25, 0.3) is 0 Å². The molecule has 0 saturated carbocycles. The first-order valence-electron chi connectivity index (χ1n) is 8.14. The Morgan fingerprint density at radius 2 is 1.96 bits per heavy atom. The van der Waals surface area contributed by atoms with E-state index in [1.165, 1.54) is 4.90 Å². The molecule has 1 aliphatic rings. The van der Waals surface area contributed by atoms with Crippen molar-refractivity contribution in [3.63, 3.8) is 0 Å². The van der Waals surface area contributed by atoms with Crippen LogP contribution in [0.1, 0.15) is 32.8 Å². The number of nitrogens with zero attached hydrogens (tertiary/aromatic N) is 1. The molecule has 6 heteroatoms. The molecule has 1 aromatic rings. The van der Waals surface area contributed by atoms with Crippen LogP contribution in [0.3, 0.4) is 0 Å². The number of ether oxygens (including phenoxy) is 2. The molecule has 134 valence electrons. The molecule has 6 nitrogen and oxygen atoms in total. The van der Waals surface area contributed by atoms with Crippen LogP contribution in [-0.4, -0.2) is 53.0 Å². The van der Waals surface area contributed by atoms with E-state index in [-0.39, 0.29) is 25.7 Å². The van der Waals surface area contributed by atoms with Crippen molar-refractivity contribution in [2.45, 2.75) is 44.9 Å². The number of likely N-dealkylation sites (tertiary alicyclic amines) is 1. The lowest BCUT2D eigenvalue weighted by atomic mass is 10.2. The van der Waals surface area contributed by atoms with Crippen LogP contribution < -0.4 is 0 Å². The van der Waals surface area contributed by atoms with Crippen molar-refractivity contribution in [2.24, 2.45) is 0 Å². The monoisotopic (exact) mass is 345 g/mol. The summed E-state index contributed by atoms with van der Waals surface area (Å²) in [6, 6.07) is 8.57. The Morgan fingerprint density at radius 3 is 2.56 bits per heavy atom. The molecule has 1 aromatic carbocycles. The van der Waals surface area contributed by atoms with Crippen molar-refractivity contribution < 1.29 is 24.2 Å². The Bertz CT molecular complexity index is 669. The maximum Gasteiger partial charge on any atom is 0.411 e. The molecule has 1 amide bonds. The fourth-order valence-electron chi connectivity index (χ4n) is 2.49. The number of amides is 1. The van der Waals surface area contributed by atoms with E-state index >= 15 is 0 Å². The number of hydrogen-bond donors (Lipinski definition) is 1. The fourth-order valence-corrected chi connectivity index (χ4v) is 2.49. The lowest BCUT2D eigenvalue weighted by Gasteiger charge is -2.26. The standard InChI is InChI=1S/C19H23NO5/c1-19(2,3)25-18(23)20-13-15(12-16(20)17(21)22)24-11-7-10-14-8-5-4-6-9-14/h4-6,8-9,15-16H,11-13H2,1-3H3,(H,21,22)/t15-,16+/m1/s1. The SMILES string of the molecule is CC(C)(C)OC(=O)N1C[C@H](OCC#Cc2ccccc2)C[C@H]1C(=O)O. The molecule has 0 radical (unpaired) electrons. The van der Waals surface area contributed by atoms with Gasteiger partial charge in [-0.25, -0.2) is 9.59 Å². The highest BCUT2D eigenvalue weighted by atomic mass is 16.6. The van der Waals surface area contributed by atoms with Gasteiger partial charge in [-0.15, -0.1) is 0 Å². The maximum absolute atomic E-state index is 12.2. The zero-order valence-corrected chi connectivity index (χ0v) is 14.7. The van der Waals surface area contributed by atoms with E-state index in [0.29, 0.717) is 0 Å². The molecule has 0 bridgehead atoms. The summed E-state index contributed by atoms with van der Waals surface area (Å²) in [5.41, 5.74) is 0.205. The summed E-state index contributed by atoms with van der Waals surface area (Å²) >= 11 is 0. The summed E-state index contributed by atoms with van der Waals surface area (Å²) in [5, 5.41) is 9.34. The second kappa shape index (κ2) is 8.04. The number of hydrogen-bond acceptors (Lipinski definition) is 4. The van der Waals surface area contributed by atoms with Gasteiger partial charge < -0.3 is 14.6 Å². The van der Waals surface area contributed by atoms with E-state index in [1.807, 2.05) is 30.3 Å². The number of aliphatic carboxylic acids is 1. The van der Waals surface area contributed by atoms with Crippen molar-refractivity contribution in [1.82, 2.24) is 4.90 Å². The number of rotatable bonds is 3. The average molecular weight is 345 g/mol. The quantitative estimate of drug-likeness (QED) is 0.852. The number of benzene rings is 1. The molecular weight excluding hydrogens is 322 g/mol. The first-order valence-corrected chi connectivity index (χ1v) is 8.14. The number of carbonyl (C=O) groups excluding carboxylic acids is 1. The van der Waals surface area contributed by atoms with Gasteiger partial charge in [0.1, 0.15) is 18.2 Å². The van der Waals surface area contributed by atoms with Gasteiger partial charge in [0.2, 0.25) is 0 Å². The lowest BCUT2D eigenvalue weighted by molar-refractivity contribution is -0.142. The molecule has 2 atom stereocenters. The van der Waals surface area contributed by atoms with Crippen molar-refractivity contribution in [3.8, 4) is 11.8 Å². The molecule has 0 aliphatic carbocycles. The van der Waals surface area contributed by atoms with E-state index in [2.05, 4.69) is 11.8 Å². The van der Waals surface area contributed by atoms with E-state index in [1.54, 1.807) is 20.8 Å². The van der Waals surface area contributed by atoms with Crippen LogP contribution in [-0.2, 0) is 14.3 Å². The Morgan fingerprint density at radius 1 is 1.28 bits per heavy atom. The van der Waals surface area contributed by atoms with E-state index in [4.69, 9.17) is 9.47 Å². The predicted molar refractivity (Wildman–Crippen MR) is 92.0 cm³/mol. The molecule has 1 aliphatic heterocycles. The smallest absolute Gasteiger partial charge is 0.411 e. The summed E-state index contributed by atoms with van der Waals surface area (Å²) in [6.45, 7) is 5.57. The number of carboxylic acid groups (broad SMARTS) is 1. The number of carboxylic acids is 1. The van der Waals surface area contributed by atoms with Gasteiger partial charge >= 0.3 is 12.1 Å². The predicted octanol–water partition coefficient (Wildman–Crippen LogP) is 2.52. The Balaban J connectivity index is 1.92. The lowest BCUT2D eigenvalue weighted by Crippen LogP contribution is -2.43. The summed E-state index contributed by atoms with van der Waals surface area (Å²) in [7, 11) is 0. The molecule has 1 heterocycles. The minimum atomic E-state index is -1.06. The molecule has 1 fully saturated rings. The minimum Gasteiger partial charge on any atom is -0.480 e. The Hall–Kier alpha value is -2.52. The summed E-state index contributed by atoms with van der Waals surface area (Å²) in [4.78, 5) is 24.8. The van der Waals surface area contributed by atoms with Gasteiger partial charge in [-0.05, 0) is 32.9 Å². The second-order valence-corrected chi connectivity index (χ2v) is 6.82. The van der Waals surface area contributed by atoms with Crippen molar-refractivity contribution in [3.05, 3.63) is 35.9 Å². The van der Waals surface area contributed by atoms with Gasteiger partial charge in [-0.1, -0.05) is 30.0 Å². The largest absolute Gasteiger partial charge is 0.480 e. The van der Waals surface area contributed by atoms with Crippen LogP contribution in [0.15, 0.2) is 30.3 Å². The first kappa shape index (κ1) is 18.8. The molecule has 0 spiro atoms. The zero-order valence-electron chi connectivity index (χ0n) is 14.7. The third kappa shape index (κ3) is 5.80. The highest BCUT2D eigenvalue weighted by Crippen LogP contribution is 2.23. The van der Waals surface area contributed by atoms with Gasteiger partial charge in [0, 0.05) is 12.0 Å². The zero-order chi connectivity index (χ0) is 18.4. The molecular formula is C19H23NO5. The highest BCUT2D eigenvalue weighted by Gasteiger charge is 2.42. The number of carbonyl (C=O) groups is 2. The molecule has 2 rings (SSSR count). The minimum absolute atomic E-state index is 0.175. The van der Waals surface area contributed by atoms with E-state index < -0.39 is 23.7 Å². The average Bonchev–Trinajstić information content (AvgIpc) is 2.96. The third-order valence-corrected chi connectivity index (χ3v) is 3.57. The Kier molecular flexibility index (Phi) is 6.05. The van der Waals surface area contributed by atoms with E-state index in [0.717, 1.165) is 5.56 Å². The third-order valence-electron chi connectivity index (χ3n) is 3.57. The second-order valence-electron chi connectivity index (χ2n) is 6.82. The van der Waals surface area contributed by atoms with Gasteiger partial charge in [0.05, 0.1) is 12.6 Å². The normalized spacial score (nSPS) is 19.9. The fraction of sp³-hybridized carbons (Fsp3) is 0.474. The van der Waals surface area contributed by atoms with Gasteiger partial charge in [-0.3, -0.25) is 4.90 Å². The first-order chi connectivity index (χ1) is 11.8. The van der Waals surface area contributed by atoms with Crippen molar-refractivity contribution in [2.75, 3.05) is 13.2 Å². The molecule has 1 N–H and O–H groups in total. The maximum atomic E-state index is 12.2. The highest BCUT2D eigenvalue weighted by molar-refractivity contribution is 5.81. The summed E-state index contributed by atoms with van der Waals surface area (Å²) in [5.74, 6) is 4.81. The Labute approximate surface area is 147 Å². The van der Waals surface area contributed by atoms with Crippen LogP contribution >= 0.6 is 0 Å². The van der Waals surface area contributed by atoms with Crippen molar-refractivity contribution in [1.29, 1.82) is 0 Å². The van der Waals surface area contributed by atoms with E-state index in [9.17, 15) is 14.7 Å². The van der Waals surface area contributed by atoms with Crippen LogP contribution in [0.5, 0.6) is 0 Å². The van der Waals surface area contributed by atoms with Crippen LogP contribution in [0.4, 0.5) is 4.79 Å². The van der Waals surface area contributed by atoms with Crippen LogP contribution in [0.2, 0.25) is 0 Å². The summed E-state index contributed by atoms with van der Waals surface area (Å²) in [6.07, 6.45) is -0.790. The van der Waals surface area contributed by atoms with Gasteiger partial charge in [-0.2, -0.15) is 0 Å². The topological polar surface area (TPSA) is 76.1 Å². The van der Waals surface area contributed by atoms with Crippen molar-refractivity contribution >= 4 is 12.1 Å². The van der Waals surface area contributed by atoms with Crippen LogP contribution in [0, 0.1) is 11.8 Å². The molecule has 0 aromatic heterocycles. The molecule has 25 heavy (non-hydrogen) atoms. The van der Waals surface area contributed by atoms with Gasteiger partial charge in [0.15, 0.2) is 0 Å². The molecule has 0 unspecified atom stereocenters. The molecule has 1 saturated heterocycles. The summed E-state index contributed by atoms with van der Waals surface area (Å²) < 4.78 is 10.9. The van der Waals surface area contributed by atoms with Crippen LogP contribution in [0.25, 0.3) is 0 Å².